The molecule has 0 atom stereocenters. The number of carbonyl (C=O) groups is 2. The van der Waals surface area contributed by atoms with Gasteiger partial charge in [0.05, 0.1) is 11.3 Å². The van der Waals surface area contributed by atoms with Crippen LogP contribution in [0.15, 0.2) is 53.6 Å². The Balaban J connectivity index is 2.01. The van der Waals surface area contributed by atoms with Gasteiger partial charge in [-0.1, -0.05) is 6.92 Å². The Morgan fingerprint density at radius 1 is 1.00 bits per heavy atom. The molecule has 0 fully saturated rings. The number of benzene rings is 1. The van der Waals surface area contributed by atoms with Crippen molar-refractivity contribution in [1.82, 2.24) is 14.7 Å². The quantitative estimate of drug-likeness (QED) is 0.494. The molecule has 7 nitrogen and oxygen atoms in total. The Morgan fingerprint density at radius 2 is 1.62 bits per heavy atom. The van der Waals surface area contributed by atoms with Gasteiger partial charge in [0.2, 0.25) is 0 Å². The molecule has 1 N–H and O–H groups in total. The van der Waals surface area contributed by atoms with Gasteiger partial charge in [0, 0.05) is 23.9 Å². The van der Waals surface area contributed by atoms with Gasteiger partial charge in [-0.2, -0.15) is 4.57 Å². The summed E-state index contributed by atoms with van der Waals surface area (Å²) in [5.74, 6) is -1.39. The van der Waals surface area contributed by atoms with E-state index in [1.165, 1.54) is 33.8 Å². The molecular formula is C24H24FN4O3+. The molecule has 1 aromatic carbocycles. The first-order valence-corrected chi connectivity index (χ1v) is 10.4. The largest absolute Gasteiger partial charge is 0.327 e. The predicted molar refractivity (Wildman–Crippen MR) is 117 cm³/mol. The standard InChI is InChI=1S/C24H23FN4O3/c1-5-18-19(23(31)29(26-18)17-8-6-16(25)7-9-17)20-21(27-12-10-15(4)11-13-27)24(32)28(14(2)3)22(20)30/h6-14H,5H2,1-4H3/p+1. The van der Waals surface area contributed by atoms with Gasteiger partial charge in [-0.3, -0.25) is 24.4 Å². The number of nitrogens with one attached hydrogen (secondary N) is 1. The molecule has 2 amide bonds. The summed E-state index contributed by atoms with van der Waals surface area (Å²) in [6, 6.07) is 8.74. The molecule has 3 heterocycles. The molecule has 0 saturated carbocycles. The van der Waals surface area contributed by atoms with Crippen molar-refractivity contribution in [3.05, 3.63) is 81.8 Å². The lowest BCUT2D eigenvalue weighted by Gasteiger charge is -2.17. The molecule has 1 aliphatic heterocycles. The fraction of sp³-hybridized carbons (Fsp3) is 0.250. The summed E-state index contributed by atoms with van der Waals surface area (Å²) in [5, 5.41) is 3.03. The van der Waals surface area contributed by atoms with Crippen LogP contribution in [0.2, 0.25) is 0 Å². The minimum atomic E-state index is -0.509. The number of nitrogens with zero attached hydrogens (tertiary/aromatic N) is 3. The molecule has 4 rings (SSSR count). The van der Waals surface area contributed by atoms with Gasteiger partial charge in [0.1, 0.15) is 11.4 Å². The van der Waals surface area contributed by atoms with E-state index in [2.05, 4.69) is 5.10 Å². The van der Waals surface area contributed by atoms with Crippen LogP contribution in [-0.4, -0.2) is 32.5 Å². The van der Waals surface area contributed by atoms with Crippen molar-refractivity contribution in [3.8, 4) is 5.69 Å². The summed E-state index contributed by atoms with van der Waals surface area (Å²) in [7, 11) is 0. The highest BCUT2D eigenvalue weighted by molar-refractivity contribution is 6.44. The number of hydrogen-bond acceptors (Lipinski definition) is 3. The van der Waals surface area contributed by atoms with Gasteiger partial charge in [0.25, 0.3) is 17.2 Å². The molecule has 8 heteroatoms. The Morgan fingerprint density at radius 3 is 2.19 bits per heavy atom. The second-order valence-corrected chi connectivity index (χ2v) is 8.02. The van der Waals surface area contributed by atoms with E-state index >= 15 is 0 Å². The number of rotatable bonds is 5. The van der Waals surface area contributed by atoms with Crippen LogP contribution in [0.4, 0.5) is 4.39 Å². The van der Waals surface area contributed by atoms with Crippen molar-refractivity contribution in [2.75, 3.05) is 0 Å². The fourth-order valence-corrected chi connectivity index (χ4v) is 3.89. The number of hydrogen-bond donors (Lipinski definition) is 1. The highest BCUT2D eigenvalue weighted by Gasteiger charge is 2.48. The van der Waals surface area contributed by atoms with Crippen LogP contribution in [-0.2, 0) is 16.0 Å². The van der Waals surface area contributed by atoms with Crippen molar-refractivity contribution in [2.45, 2.75) is 40.2 Å². The zero-order valence-electron chi connectivity index (χ0n) is 18.3. The molecule has 3 aromatic rings. The number of carbonyl (C=O) groups excluding carboxylic acids is 2. The van der Waals surface area contributed by atoms with Crippen LogP contribution in [0.1, 0.15) is 37.6 Å². The lowest BCUT2D eigenvalue weighted by molar-refractivity contribution is -0.577. The van der Waals surface area contributed by atoms with E-state index in [-0.39, 0.29) is 22.9 Å². The SMILES string of the molecule is CCc1[nH]n(-c2ccc(F)cc2)c(=O)c1C1=C([n+]2ccc(C)cc2)C(=O)N(C(C)C)C1=O. The van der Waals surface area contributed by atoms with E-state index in [1.807, 2.05) is 26.0 Å². The lowest BCUT2D eigenvalue weighted by Crippen LogP contribution is -2.42. The second kappa shape index (κ2) is 8.03. The minimum Gasteiger partial charge on any atom is -0.294 e. The first kappa shape index (κ1) is 21.4. The molecular weight excluding hydrogens is 411 g/mol. The highest BCUT2D eigenvalue weighted by atomic mass is 19.1. The maximum Gasteiger partial charge on any atom is 0.327 e. The van der Waals surface area contributed by atoms with Gasteiger partial charge in [-0.25, -0.2) is 9.07 Å². The number of aryl methyl sites for hydroxylation is 2. The molecule has 164 valence electrons. The highest BCUT2D eigenvalue weighted by Crippen LogP contribution is 2.31. The van der Waals surface area contributed by atoms with Gasteiger partial charge in [0.15, 0.2) is 12.4 Å². The minimum absolute atomic E-state index is 0.0662. The van der Waals surface area contributed by atoms with Crippen LogP contribution in [0.3, 0.4) is 0 Å². The monoisotopic (exact) mass is 435 g/mol. The van der Waals surface area contributed by atoms with Crippen molar-refractivity contribution >= 4 is 23.1 Å². The number of pyridine rings is 1. The van der Waals surface area contributed by atoms with Crippen LogP contribution >= 0.6 is 0 Å². The summed E-state index contributed by atoms with van der Waals surface area (Å²) in [6.07, 6.45) is 3.84. The summed E-state index contributed by atoms with van der Waals surface area (Å²) in [6.45, 7) is 7.28. The second-order valence-electron chi connectivity index (χ2n) is 8.02. The summed E-state index contributed by atoms with van der Waals surface area (Å²) >= 11 is 0. The summed E-state index contributed by atoms with van der Waals surface area (Å²) < 4.78 is 16.2. The van der Waals surface area contributed by atoms with Crippen molar-refractivity contribution < 1.29 is 18.5 Å². The molecule has 0 bridgehead atoms. The Hall–Kier alpha value is -3.81. The molecule has 0 aliphatic carbocycles. The average molecular weight is 435 g/mol. The van der Waals surface area contributed by atoms with E-state index in [4.69, 9.17) is 0 Å². The van der Waals surface area contributed by atoms with Crippen LogP contribution < -0.4 is 10.1 Å². The smallest absolute Gasteiger partial charge is 0.294 e. The van der Waals surface area contributed by atoms with E-state index in [0.29, 0.717) is 17.8 Å². The summed E-state index contributed by atoms with van der Waals surface area (Å²) in [5.41, 5.74) is 1.83. The van der Waals surface area contributed by atoms with E-state index in [0.717, 1.165) is 5.56 Å². The third-order valence-electron chi connectivity index (χ3n) is 5.52. The molecule has 2 aromatic heterocycles. The van der Waals surface area contributed by atoms with E-state index < -0.39 is 23.2 Å². The molecule has 32 heavy (non-hydrogen) atoms. The summed E-state index contributed by atoms with van der Waals surface area (Å²) in [4.78, 5) is 41.4. The van der Waals surface area contributed by atoms with Crippen LogP contribution in [0.25, 0.3) is 17.0 Å². The number of H-pyrrole nitrogens is 1. The third-order valence-corrected chi connectivity index (χ3v) is 5.52. The number of aromatic nitrogens is 3. The molecule has 1 aliphatic rings. The first-order valence-electron chi connectivity index (χ1n) is 10.4. The number of amides is 2. The third kappa shape index (κ3) is 3.37. The normalized spacial score (nSPS) is 14.2. The Labute approximate surface area is 184 Å². The number of imide groups is 1. The first-order chi connectivity index (χ1) is 15.2. The number of aromatic amines is 1. The molecule has 0 spiro atoms. The van der Waals surface area contributed by atoms with Crippen LogP contribution in [0.5, 0.6) is 0 Å². The number of halogens is 1. The predicted octanol–water partition coefficient (Wildman–Crippen LogP) is 2.61. The Bertz CT molecular complexity index is 1300. The van der Waals surface area contributed by atoms with Gasteiger partial charge >= 0.3 is 5.91 Å². The van der Waals surface area contributed by atoms with E-state index in [1.54, 1.807) is 30.8 Å². The van der Waals surface area contributed by atoms with Crippen LogP contribution in [0, 0.1) is 12.7 Å². The molecule has 0 radical (unpaired) electrons. The molecule has 0 saturated heterocycles. The lowest BCUT2D eigenvalue weighted by atomic mass is 10.0. The molecule has 0 unspecified atom stereocenters. The van der Waals surface area contributed by atoms with Crippen molar-refractivity contribution in [2.24, 2.45) is 0 Å². The maximum atomic E-state index is 13.5. The van der Waals surface area contributed by atoms with Gasteiger partial charge in [-0.05, 0) is 57.0 Å². The van der Waals surface area contributed by atoms with E-state index in [9.17, 15) is 18.8 Å². The zero-order valence-corrected chi connectivity index (χ0v) is 18.3. The zero-order chi connectivity index (χ0) is 23.2. The van der Waals surface area contributed by atoms with Gasteiger partial charge < -0.3 is 0 Å². The van der Waals surface area contributed by atoms with Crippen molar-refractivity contribution in [3.63, 3.8) is 0 Å². The fourth-order valence-electron chi connectivity index (χ4n) is 3.89. The maximum absolute atomic E-state index is 13.5. The Kier molecular flexibility index (Phi) is 5.38. The van der Waals surface area contributed by atoms with Gasteiger partial charge in [-0.15, -0.1) is 0 Å². The van der Waals surface area contributed by atoms with Crippen molar-refractivity contribution in [1.29, 1.82) is 0 Å². The topological polar surface area (TPSA) is 79.1 Å². The average Bonchev–Trinajstić information content (AvgIpc) is 3.21.